The Morgan fingerprint density at radius 2 is 2.19 bits per heavy atom. The highest BCUT2D eigenvalue weighted by molar-refractivity contribution is 5.10. The molecule has 1 saturated carbocycles. The Labute approximate surface area is 98.4 Å². The summed E-state index contributed by atoms with van der Waals surface area (Å²) in [6, 6.07) is 2.45. The molecular formula is C14H23NO. The van der Waals surface area contributed by atoms with Crippen molar-refractivity contribution in [2.75, 3.05) is 6.54 Å². The molecule has 0 saturated heterocycles. The van der Waals surface area contributed by atoms with Crippen LogP contribution in [0.1, 0.15) is 57.6 Å². The summed E-state index contributed by atoms with van der Waals surface area (Å²) < 4.78 is 5.12. The molecule has 1 aromatic rings. The first-order valence-electron chi connectivity index (χ1n) is 6.51. The van der Waals surface area contributed by atoms with Crippen molar-refractivity contribution in [2.24, 2.45) is 5.41 Å². The van der Waals surface area contributed by atoms with Crippen molar-refractivity contribution in [3.63, 3.8) is 0 Å². The molecule has 90 valence electrons. The second-order valence-corrected chi connectivity index (χ2v) is 5.22. The molecule has 16 heavy (non-hydrogen) atoms. The molecule has 0 aromatic carbocycles. The van der Waals surface area contributed by atoms with Gasteiger partial charge in [0.1, 0.15) is 0 Å². The fourth-order valence-electron chi connectivity index (χ4n) is 2.79. The molecule has 0 spiro atoms. The van der Waals surface area contributed by atoms with E-state index in [1.165, 1.54) is 37.7 Å². The third-order valence-electron chi connectivity index (χ3n) is 4.24. The van der Waals surface area contributed by atoms with E-state index in [1.807, 2.05) is 12.3 Å². The van der Waals surface area contributed by atoms with Gasteiger partial charge in [0.25, 0.3) is 0 Å². The van der Waals surface area contributed by atoms with Crippen LogP contribution in [0.25, 0.3) is 0 Å². The molecule has 2 heteroatoms. The molecule has 1 fully saturated rings. The van der Waals surface area contributed by atoms with Crippen molar-refractivity contribution in [3.05, 3.63) is 24.2 Å². The molecule has 1 atom stereocenters. The first-order valence-corrected chi connectivity index (χ1v) is 6.51. The maximum absolute atomic E-state index is 5.12. The van der Waals surface area contributed by atoms with Crippen LogP contribution in [0, 0.1) is 5.41 Å². The van der Waals surface area contributed by atoms with Gasteiger partial charge in [0.2, 0.25) is 0 Å². The average molecular weight is 221 g/mol. The molecule has 1 aliphatic rings. The predicted molar refractivity (Wildman–Crippen MR) is 66.3 cm³/mol. The van der Waals surface area contributed by atoms with Gasteiger partial charge in [-0.25, -0.2) is 0 Å². The summed E-state index contributed by atoms with van der Waals surface area (Å²) in [5.41, 5.74) is 1.82. The van der Waals surface area contributed by atoms with E-state index in [0.29, 0.717) is 11.5 Å². The molecule has 2 nitrogen and oxygen atoms in total. The van der Waals surface area contributed by atoms with E-state index in [2.05, 4.69) is 19.2 Å². The quantitative estimate of drug-likeness (QED) is 0.815. The van der Waals surface area contributed by atoms with Gasteiger partial charge < -0.3 is 9.73 Å². The number of hydrogen-bond donors (Lipinski definition) is 1. The highest BCUT2D eigenvalue weighted by Crippen LogP contribution is 2.40. The molecule has 0 radical (unpaired) electrons. The van der Waals surface area contributed by atoms with E-state index in [-0.39, 0.29) is 0 Å². The topological polar surface area (TPSA) is 25.2 Å². The van der Waals surface area contributed by atoms with Gasteiger partial charge in [-0.05, 0) is 37.7 Å². The van der Waals surface area contributed by atoms with E-state index >= 15 is 0 Å². The number of furan rings is 1. The van der Waals surface area contributed by atoms with Crippen LogP contribution >= 0.6 is 0 Å². The number of hydrogen-bond acceptors (Lipinski definition) is 2. The van der Waals surface area contributed by atoms with E-state index in [9.17, 15) is 0 Å². The predicted octanol–water partition coefficient (Wildman–Crippen LogP) is 3.90. The fourth-order valence-corrected chi connectivity index (χ4v) is 2.79. The summed E-state index contributed by atoms with van der Waals surface area (Å²) in [4.78, 5) is 0. The van der Waals surface area contributed by atoms with Crippen LogP contribution in [-0.4, -0.2) is 6.54 Å². The zero-order chi connectivity index (χ0) is 11.4. The number of rotatable bonds is 5. The highest BCUT2D eigenvalue weighted by Gasteiger charge is 2.31. The van der Waals surface area contributed by atoms with Gasteiger partial charge in [-0.3, -0.25) is 0 Å². The van der Waals surface area contributed by atoms with Gasteiger partial charge in [-0.2, -0.15) is 0 Å². The first kappa shape index (κ1) is 11.7. The molecule has 2 rings (SSSR count). The fraction of sp³-hybridized carbons (Fsp3) is 0.714. The third-order valence-corrected chi connectivity index (χ3v) is 4.24. The van der Waals surface area contributed by atoms with E-state index in [0.717, 1.165) is 6.54 Å². The second-order valence-electron chi connectivity index (χ2n) is 5.22. The minimum absolute atomic E-state index is 0.405. The minimum Gasteiger partial charge on any atom is -0.472 e. The van der Waals surface area contributed by atoms with Crippen LogP contribution in [0.5, 0.6) is 0 Å². The Morgan fingerprint density at radius 3 is 2.75 bits per heavy atom. The standard InChI is InChI=1S/C14H23NO/c1-3-14(7-4-5-8-14)11-15-12(2)13-6-9-16-10-13/h6,9-10,12,15H,3-5,7-8,11H2,1-2H3. The zero-order valence-corrected chi connectivity index (χ0v) is 10.5. The smallest absolute Gasteiger partial charge is 0.0950 e. The van der Waals surface area contributed by atoms with Crippen molar-refractivity contribution in [1.82, 2.24) is 5.32 Å². The minimum atomic E-state index is 0.405. The highest BCUT2D eigenvalue weighted by atomic mass is 16.3. The van der Waals surface area contributed by atoms with Crippen molar-refractivity contribution in [3.8, 4) is 0 Å². The summed E-state index contributed by atoms with van der Waals surface area (Å²) in [5.74, 6) is 0. The molecule has 1 N–H and O–H groups in total. The third kappa shape index (κ3) is 2.49. The van der Waals surface area contributed by atoms with Gasteiger partial charge in [0.15, 0.2) is 0 Å². The molecule has 0 bridgehead atoms. The molecule has 0 aliphatic heterocycles. The van der Waals surface area contributed by atoms with Gasteiger partial charge >= 0.3 is 0 Å². The molecule has 0 amide bonds. The molecule has 1 unspecified atom stereocenters. The zero-order valence-electron chi connectivity index (χ0n) is 10.5. The average Bonchev–Trinajstić information content (AvgIpc) is 2.98. The second kappa shape index (κ2) is 5.05. The Bertz CT molecular complexity index is 299. The summed E-state index contributed by atoms with van der Waals surface area (Å²) in [7, 11) is 0. The van der Waals surface area contributed by atoms with E-state index < -0.39 is 0 Å². The lowest BCUT2D eigenvalue weighted by atomic mass is 9.83. The first-order chi connectivity index (χ1) is 7.76. The summed E-state index contributed by atoms with van der Waals surface area (Å²) in [6.07, 6.45) is 10.5. The van der Waals surface area contributed by atoms with Gasteiger partial charge in [0, 0.05) is 18.2 Å². The molecule has 1 aliphatic carbocycles. The van der Waals surface area contributed by atoms with Crippen molar-refractivity contribution in [2.45, 2.75) is 52.0 Å². The largest absolute Gasteiger partial charge is 0.472 e. The van der Waals surface area contributed by atoms with E-state index in [1.54, 1.807) is 6.26 Å². The van der Waals surface area contributed by atoms with Crippen LogP contribution in [0.3, 0.4) is 0 Å². The molecular weight excluding hydrogens is 198 g/mol. The van der Waals surface area contributed by atoms with Crippen molar-refractivity contribution < 1.29 is 4.42 Å². The van der Waals surface area contributed by atoms with Gasteiger partial charge in [0.05, 0.1) is 12.5 Å². The summed E-state index contributed by atoms with van der Waals surface area (Å²) >= 11 is 0. The van der Waals surface area contributed by atoms with Crippen LogP contribution < -0.4 is 5.32 Å². The maximum atomic E-state index is 5.12. The van der Waals surface area contributed by atoms with E-state index in [4.69, 9.17) is 4.42 Å². The maximum Gasteiger partial charge on any atom is 0.0950 e. The van der Waals surface area contributed by atoms with Gasteiger partial charge in [-0.15, -0.1) is 0 Å². The van der Waals surface area contributed by atoms with Crippen molar-refractivity contribution in [1.29, 1.82) is 0 Å². The Balaban J connectivity index is 1.86. The van der Waals surface area contributed by atoms with Crippen LogP contribution in [0.15, 0.2) is 23.0 Å². The van der Waals surface area contributed by atoms with Crippen LogP contribution in [0.2, 0.25) is 0 Å². The SMILES string of the molecule is CCC1(CNC(C)c2ccoc2)CCCC1. The lowest BCUT2D eigenvalue weighted by Crippen LogP contribution is -2.33. The van der Waals surface area contributed by atoms with Crippen molar-refractivity contribution >= 4 is 0 Å². The molecule has 1 aromatic heterocycles. The lowest BCUT2D eigenvalue weighted by molar-refractivity contribution is 0.258. The van der Waals surface area contributed by atoms with Gasteiger partial charge in [-0.1, -0.05) is 19.8 Å². The number of nitrogens with one attached hydrogen (secondary N) is 1. The Morgan fingerprint density at radius 1 is 1.44 bits per heavy atom. The monoisotopic (exact) mass is 221 g/mol. The lowest BCUT2D eigenvalue weighted by Gasteiger charge is -2.29. The normalized spacial score (nSPS) is 21.1. The Kier molecular flexibility index (Phi) is 3.70. The van der Waals surface area contributed by atoms with Crippen LogP contribution in [-0.2, 0) is 0 Å². The Hall–Kier alpha value is -0.760. The summed E-state index contributed by atoms with van der Waals surface area (Å²) in [5, 5.41) is 3.66. The van der Waals surface area contributed by atoms with Crippen LogP contribution in [0.4, 0.5) is 0 Å². The summed E-state index contributed by atoms with van der Waals surface area (Å²) in [6.45, 7) is 5.69. The molecule has 1 heterocycles.